The van der Waals surface area contributed by atoms with E-state index in [0.717, 1.165) is 0 Å². The molecule has 116 valence electrons. The molecular formula is C11H15N3O4S3. The summed E-state index contributed by atoms with van der Waals surface area (Å²) >= 11 is 4.76. The molecule has 0 saturated carbocycles. The van der Waals surface area contributed by atoms with Gasteiger partial charge in [-0.1, -0.05) is 12.2 Å². The number of thiocarbonyl (C=S) groups is 1. The fraction of sp³-hybridized carbons (Fsp3) is 0.455. The van der Waals surface area contributed by atoms with Crippen LogP contribution in [0.5, 0.6) is 0 Å². The summed E-state index contributed by atoms with van der Waals surface area (Å²) in [6, 6.07) is 2.19. The second-order valence-corrected chi connectivity index (χ2v) is 9.38. The van der Waals surface area contributed by atoms with Gasteiger partial charge < -0.3 is 5.73 Å². The van der Waals surface area contributed by atoms with Gasteiger partial charge in [0.15, 0.2) is 9.84 Å². The summed E-state index contributed by atoms with van der Waals surface area (Å²) in [6.07, 6.45) is 1.18. The SMILES string of the molecule is CC1CS(=O)(=O)CCN1S(=O)(=O)c1ccc(C(N)=S)nc1. The van der Waals surface area contributed by atoms with E-state index in [9.17, 15) is 16.8 Å². The number of nitrogens with two attached hydrogens (primary N) is 1. The minimum Gasteiger partial charge on any atom is -0.388 e. The van der Waals surface area contributed by atoms with Crippen LogP contribution >= 0.6 is 12.2 Å². The van der Waals surface area contributed by atoms with Crippen molar-refractivity contribution in [3.8, 4) is 0 Å². The molecule has 10 heteroatoms. The molecule has 1 aliphatic rings. The van der Waals surface area contributed by atoms with Crippen LogP contribution in [0.25, 0.3) is 0 Å². The smallest absolute Gasteiger partial charge is 0.244 e. The van der Waals surface area contributed by atoms with Crippen LogP contribution in [-0.2, 0) is 19.9 Å². The zero-order valence-corrected chi connectivity index (χ0v) is 13.7. The van der Waals surface area contributed by atoms with Gasteiger partial charge in [0.05, 0.1) is 17.2 Å². The Hall–Kier alpha value is -1.10. The van der Waals surface area contributed by atoms with Crippen LogP contribution in [0.1, 0.15) is 12.6 Å². The van der Waals surface area contributed by atoms with Crippen molar-refractivity contribution >= 4 is 37.1 Å². The molecule has 21 heavy (non-hydrogen) atoms. The zero-order chi connectivity index (χ0) is 15.8. The zero-order valence-electron chi connectivity index (χ0n) is 11.3. The fourth-order valence-corrected chi connectivity index (χ4v) is 5.62. The molecule has 1 aliphatic heterocycles. The van der Waals surface area contributed by atoms with E-state index in [1.807, 2.05) is 0 Å². The Bertz CT molecular complexity index is 756. The van der Waals surface area contributed by atoms with Crippen LogP contribution in [0.2, 0.25) is 0 Å². The molecule has 7 nitrogen and oxygen atoms in total. The maximum absolute atomic E-state index is 12.5. The lowest BCUT2D eigenvalue weighted by Gasteiger charge is -2.31. The largest absolute Gasteiger partial charge is 0.388 e. The number of sulfone groups is 1. The molecule has 1 atom stereocenters. The molecular weight excluding hydrogens is 334 g/mol. The van der Waals surface area contributed by atoms with Gasteiger partial charge in [-0.3, -0.25) is 4.98 Å². The van der Waals surface area contributed by atoms with Gasteiger partial charge in [-0.25, -0.2) is 16.8 Å². The molecule has 2 N–H and O–H groups in total. The lowest BCUT2D eigenvalue weighted by atomic mass is 10.3. The summed E-state index contributed by atoms with van der Waals surface area (Å²) in [5, 5.41) is 0. The molecule has 0 bridgehead atoms. The van der Waals surface area contributed by atoms with Crippen molar-refractivity contribution in [3.63, 3.8) is 0 Å². The summed E-state index contributed by atoms with van der Waals surface area (Å²) in [6.45, 7) is 1.52. The van der Waals surface area contributed by atoms with E-state index in [4.69, 9.17) is 18.0 Å². The van der Waals surface area contributed by atoms with Crippen molar-refractivity contribution in [3.05, 3.63) is 24.0 Å². The highest BCUT2D eigenvalue weighted by Crippen LogP contribution is 2.21. The number of aromatic nitrogens is 1. The Morgan fingerprint density at radius 3 is 2.62 bits per heavy atom. The first-order chi connectivity index (χ1) is 9.63. The molecule has 1 unspecified atom stereocenters. The minimum absolute atomic E-state index is 0.00588. The van der Waals surface area contributed by atoms with E-state index < -0.39 is 25.9 Å². The highest BCUT2D eigenvalue weighted by molar-refractivity contribution is 7.92. The molecule has 1 aromatic rings. The van der Waals surface area contributed by atoms with E-state index in [-0.39, 0.29) is 27.9 Å². The summed E-state index contributed by atoms with van der Waals surface area (Å²) in [4.78, 5) is 3.98. The number of hydrogen-bond donors (Lipinski definition) is 1. The molecule has 0 aliphatic carbocycles. The molecule has 0 radical (unpaired) electrons. The van der Waals surface area contributed by atoms with Crippen molar-refractivity contribution in [1.82, 2.24) is 9.29 Å². The van der Waals surface area contributed by atoms with Crippen LogP contribution in [0, 0.1) is 0 Å². The van der Waals surface area contributed by atoms with Crippen LogP contribution in [0.15, 0.2) is 23.2 Å². The normalized spacial score (nSPS) is 22.8. The summed E-state index contributed by atoms with van der Waals surface area (Å²) in [5.41, 5.74) is 5.74. The third kappa shape index (κ3) is 3.39. The van der Waals surface area contributed by atoms with Gasteiger partial charge in [0.1, 0.15) is 9.88 Å². The molecule has 0 amide bonds. The van der Waals surface area contributed by atoms with Crippen molar-refractivity contribution in [2.24, 2.45) is 5.73 Å². The topological polar surface area (TPSA) is 110 Å². The van der Waals surface area contributed by atoms with Crippen molar-refractivity contribution in [2.75, 3.05) is 18.1 Å². The van der Waals surface area contributed by atoms with Crippen LogP contribution in [0.4, 0.5) is 0 Å². The summed E-state index contributed by atoms with van der Waals surface area (Å²) in [5.74, 6) is -0.348. The number of pyridine rings is 1. The van der Waals surface area contributed by atoms with Gasteiger partial charge in [-0.05, 0) is 19.1 Å². The standard InChI is InChI=1S/C11H15N3O4S3/c1-8-7-20(15,16)5-4-14(8)21(17,18)9-2-3-10(11(12)19)13-6-9/h2-3,6,8H,4-5,7H2,1H3,(H2,12,19). The molecule has 2 rings (SSSR count). The van der Waals surface area contributed by atoms with Gasteiger partial charge in [0.2, 0.25) is 10.0 Å². The van der Waals surface area contributed by atoms with E-state index in [1.54, 1.807) is 6.92 Å². The second kappa shape index (κ2) is 5.59. The van der Waals surface area contributed by atoms with Crippen molar-refractivity contribution in [2.45, 2.75) is 17.9 Å². The predicted octanol–water partition coefficient (Wildman–Crippen LogP) is -0.477. The average Bonchev–Trinajstić information content (AvgIpc) is 2.37. The first kappa shape index (κ1) is 16.3. The van der Waals surface area contributed by atoms with Crippen LogP contribution in [0.3, 0.4) is 0 Å². The van der Waals surface area contributed by atoms with E-state index in [2.05, 4.69) is 4.98 Å². The number of rotatable bonds is 3. The number of sulfonamides is 1. The second-order valence-electron chi connectivity index (χ2n) is 4.82. The lowest BCUT2D eigenvalue weighted by molar-refractivity contribution is 0.356. The molecule has 1 aromatic heterocycles. The van der Waals surface area contributed by atoms with Crippen molar-refractivity contribution < 1.29 is 16.8 Å². The van der Waals surface area contributed by atoms with E-state index in [1.165, 1.54) is 22.6 Å². The first-order valence-electron chi connectivity index (χ1n) is 6.11. The Morgan fingerprint density at radius 1 is 1.48 bits per heavy atom. The Balaban J connectivity index is 2.32. The number of hydrogen-bond acceptors (Lipinski definition) is 6. The minimum atomic E-state index is -3.78. The van der Waals surface area contributed by atoms with Crippen LogP contribution in [-0.4, -0.2) is 55.2 Å². The maximum atomic E-state index is 12.5. The lowest BCUT2D eigenvalue weighted by Crippen LogP contribution is -2.49. The van der Waals surface area contributed by atoms with Gasteiger partial charge in [0, 0.05) is 18.8 Å². The van der Waals surface area contributed by atoms with Gasteiger partial charge in [-0.15, -0.1) is 0 Å². The van der Waals surface area contributed by atoms with Gasteiger partial charge in [-0.2, -0.15) is 4.31 Å². The Kier molecular flexibility index (Phi) is 4.34. The Morgan fingerprint density at radius 2 is 2.14 bits per heavy atom. The fourth-order valence-electron chi connectivity index (χ4n) is 2.15. The molecule has 1 fully saturated rings. The van der Waals surface area contributed by atoms with E-state index >= 15 is 0 Å². The van der Waals surface area contributed by atoms with Gasteiger partial charge >= 0.3 is 0 Å². The third-order valence-corrected chi connectivity index (χ3v) is 7.21. The summed E-state index contributed by atoms with van der Waals surface area (Å²) < 4.78 is 49.3. The highest BCUT2D eigenvalue weighted by atomic mass is 32.2. The van der Waals surface area contributed by atoms with E-state index in [0.29, 0.717) is 5.69 Å². The summed E-state index contributed by atoms with van der Waals surface area (Å²) in [7, 11) is -6.96. The quantitative estimate of drug-likeness (QED) is 0.734. The number of nitrogens with zero attached hydrogens (tertiary/aromatic N) is 2. The maximum Gasteiger partial charge on any atom is 0.244 e. The average molecular weight is 349 g/mol. The monoisotopic (exact) mass is 349 g/mol. The highest BCUT2D eigenvalue weighted by Gasteiger charge is 2.36. The van der Waals surface area contributed by atoms with Crippen LogP contribution < -0.4 is 5.73 Å². The van der Waals surface area contributed by atoms with Crippen molar-refractivity contribution in [1.29, 1.82) is 0 Å². The van der Waals surface area contributed by atoms with Gasteiger partial charge in [0.25, 0.3) is 0 Å². The predicted molar refractivity (Wildman–Crippen MR) is 82.1 cm³/mol. The Labute approximate surface area is 129 Å². The third-order valence-electron chi connectivity index (χ3n) is 3.20. The molecule has 1 saturated heterocycles. The first-order valence-corrected chi connectivity index (χ1v) is 9.78. The molecule has 2 heterocycles. The molecule has 0 aromatic carbocycles. The molecule has 0 spiro atoms.